The maximum absolute atomic E-state index is 10.8. The number of hydrogen-bond donors (Lipinski definition) is 2. The fraction of sp³-hybridized carbons (Fsp3) is 0.182. The van der Waals surface area contributed by atoms with Crippen LogP contribution in [-0.2, 0) is 4.79 Å². The molecule has 18 heavy (non-hydrogen) atoms. The maximum atomic E-state index is 10.8. The van der Waals surface area contributed by atoms with Crippen LogP contribution in [0.2, 0.25) is 0 Å². The van der Waals surface area contributed by atoms with Crippen LogP contribution in [-0.4, -0.2) is 32.9 Å². The lowest BCUT2D eigenvalue weighted by molar-refractivity contribution is -0.137. The van der Waals surface area contributed by atoms with Crippen LogP contribution >= 0.6 is 23.1 Å². The Kier molecular flexibility index (Phi) is 2.71. The number of carboxylic acid groups (broad SMARTS) is 1. The number of fused-ring (bicyclic) bond motifs is 1. The van der Waals surface area contributed by atoms with Crippen LogP contribution in [0.3, 0.4) is 0 Å². The van der Waals surface area contributed by atoms with Crippen LogP contribution in [0.15, 0.2) is 23.2 Å². The highest BCUT2D eigenvalue weighted by atomic mass is 32.2. The lowest BCUT2D eigenvalue weighted by Crippen LogP contribution is -2.17. The van der Waals surface area contributed by atoms with Crippen molar-refractivity contribution in [2.24, 2.45) is 4.99 Å². The number of thioether (sulfide) groups is 1. The standard InChI is InChI=1S/C11H9N3O2S2/c12-5-1-2-6-8(3-5)18-10(13-6)9-14-7(4-17-9)11(15)16/h1-3,7H,4,12H2,(H,15,16). The second kappa shape index (κ2) is 4.25. The summed E-state index contributed by atoms with van der Waals surface area (Å²) in [4.78, 5) is 19.5. The highest BCUT2D eigenvalue weighted by Crippen LogP contribution is 2.30. The van der Waals surface area contributed by atoms with Gasteiger partial charge in [0.25, 0.3) is 0 Å². The number of nitrogens with two attached hydrogens (primary N) is 1. The molecule has 1 aromatic heterocycles. The zero-order valence-electron chi connectivity index (χ0n) is 9.16. The zero-order chi connectivity index (χ0) is 12.7. The van der Waals surface area contributed by atoms with E-state index in [1.54, 1.807) is 6.07 Å². The molecular formula is C11H9N3O2S2. The molecule has 0 amide bonds. The molecule has 2 aromatic rings. The van der Waals surface area contributed by atoms with Gasteiger partial charge in [-0.2, -0.15) is 0 Å². The van der Waals surface area contributed by atoms with Gasteiger partial charge in [0.15, 0.2) is 6.04 Å². The molecule has 1 aliphatic rings. The molecule has 1 aliphatic heterocycles. The Morgan fingerprint density at radius 3 is 3.06 bits per heavy atom. The fourth-order valence-electron chi connectivity index (χ4n) is 1.65. The number of anilines is 1. The van der Waals surface area contributed by atoms with E-state index in [0.29, 0.717) is 16.5 Å². The lowest BCUT2D eigenvalue weighted by Gasteiger charge is -1.93. The van der Waals surface area contributed by atoms with Gasteiger partial charge in [0, 0.05) is 11.4 Å². The van der Waals surface area contributed by atoms with Crippen LogP contribution in [0.1, 0.15) is 5.01 Å². The first-order valence-electron chi connectivity index (χ1n) is 5.23. The number of rotatable bonds is 2. The van der Waals surface area contributed by atoms with Crippen LogP contribution in [0.25, 0.3) is 10.2 Å². The quantitative estimate of drug-likeness (QED) is 0.819. The van der Waals surface area contributed by atoms with Crippen molar-refractivity contribution in [3.05, 3.63) is 23.2 Å². The van der Waals surface area contributed by atoms with Crippen molar-refractivity contribution in [1.82, 2.24) is 4.98 Å². The van der Waals surface area contributed by atoms with E-state index < -0.39 is 12.0 Å². The molecule has 3 rings (SSSR count). The third-order valence-electron chi connectivity index (χ3n) is 2.53. The third-order valence-corrected chi connectivity index (χ3v) is 4.74. The van der Waals surface area contributed by atoms with Gasteiger partial charge in [-0.15, -0.1) is 23.1 Å². The van der Waals surface area contributed by atoms with Gasteiger partial charge in [-0.05, 0) is 18.2 Å². The van der Waals surface area contributed by atoms with Crippen molar-refractivity contribution in [1.29, 1.82) is 0 Å². The van der Waals surface area contributed by atoms with Crippen molar-refractivity contribution in [2.75, 3.05) is 11.5 Å². The average molecular weight is 279 g/mol. The number of carbonyl (C=O) groups is 1. The van der Waals surface area contributed by atoms with E-state index in [1.807, 2.05) is 12.1 Å². The molecule has 0 saturated carbocycles. The smallest absolute Gasteiger partial charge is 0.329 e. The number of aliphatic carboxylic acids is 1. The van der Waals surface area contributed by atoms with Gasteiger partial charge < -0.3 is 10.8 Å². The van der Waals surface area contributed by atoms with Gasteiger partial charge in [0.2, 0.25) is 0 Å². The molecule has 0 spiro atoms. The fourth-order valence-corrected chi connectivity index (χ4v) is 3.76. The van der Waals surface area contributed by atoms with E-state index in [0.717, 1.165) is 15.2 Å². The van der Waals surface area contributed by atoms with Crippen LogP contribution in [0, 0.1) is 0 Å². The van der Waals surface area contributed by atoms with Crippen molar-refractivity contribution in [3.63, 3.8) is 0 Å². The van der Waals surface area contributed by atoms with Gasteiger partial charge in [0.05, 0.1) is 10.2 Å². The van der Waals surface area contributed by atoms with Crippen LogP contribution in [0.4, 0.5) is 5.69 Å². The second-order valence-electron chi connectivity index (χ2n) is 3.85. The normalized spacial score (nSPS) is 19.1. The monoisotopic (exact) mass is 279 g/mol. The largest absolute Gasteiger partial charge is 0.480 e. The van der Waals surface area contributed by atoms with Gasteiger partial charge >= 0.3 is 5.97 Å². The molecule has 1 unspecified atom stereocenters. The summed E-state index contributed by atoms with van der Waals surface area (Å²) in [5.74, 6) is -0.411. The number of aromatic nitrogens is 1. The summed E-state index contributed by atoms with van der Waals surface area (Å²) < 4.78 is 0.993. The van der Waals surface area contributed by atoms with Gasteiger partial charge in [-0.3, -0.25) is 4.99 Å². The predicted molar refractivity (Wildman–Crippen MR) is 74.5 cm³/mol. The Morgan fingerprint density at radius 2 is 2.33 bits per heavy atom. The molecule has 0 saturated heterocycles. The SMILES string of the molecule is Nc1ccc2nc(C3=NC(C(=O)O)CS3)sc2c1. The highest BCUT2D eigenvalue weighted by Gasteiger charge is 2.26. The Hall–Kier alpha value is -1.60. The van der Waals surface area contributed by atoms with Crippen LogP contribution in [0.5, 0.6) is 0 Å². The summed E-state index contributed by atoms with van der Waals surface area (Å²) >= 11 is 2.92. The Bertz CT molecular complexity index is 665. The number of carboxylic acids is 1. The summed E-state index contributed by atoms with van der Waals surface area (Å²) in [5, 5.41) is 10.4. The molecule has 0 aliphatic carbocycles. The summed E-state index contributed by atoms with van der Waals surface area (Å²) in [5.41, 5.74) is 7.28. The summed E-state index contributed by atoms with van der Waals surface area (Å²) in [7, 11) is 0. The number of hydrogen-bond acceptors (Lipinski definition) is 6. The van der Waals surface area contributed by atoms with E-state index in [9.17, 15) is 4.79 Å². The number of nitrogens with zero attached hydrogens (tertiary/aromatic N) is 2. The minimum atomic E-state index is -0.886. The van der Waals surface area contributed by atoms with E-state index in [2.05, 4.69) is 9.98 Å². The first-order valence-corrected chi connectivity index (χ1v) is 7.03. The van der Waals surface area contributed by atoms with Crippen LogP contribution < -0.4 is 5.73 Å². The third kappa shape index (κ3) is 1.95. The summed E-state index contributed by atoms with van der Waals surface area (Å²) in [6.45, 7) is 0. The highest BCUT2D eigenvalue weighted by molar-refractivity contribution is 8.15. The average Bonchev–Trinajstić information content (AvgIpc) is 2.93. The Labute approximate surface area is 111 Å². The van der Waals surface area contributed by atoms with Gasteiger partial charge in [-0.1, -0.05) is 0 Å². The first-order chi connectivity index (χ1) is 8.63. The molecule has 7 heteroatoms. The first kappa shape index (κ1) is 11.5. The molecule has 1 atom stereocenters. The maximum Gasteiger partial charge on any atom is 0.329 e. The molecule has 0 bridgehead atoms. The van der Waals surface area contributed by atoms with E-state index in [1.165, 1.54) is 23.1 Å². The van der Waals surface area contributed by atoms with E-state index in [-0.39, 0.29) is 0 Å². The number of aliphatic imine (C=N–C) groups is 1. The number of nitrogen functional groups attached to an aromatic ring is 1. The Balaban J connectivity index is 2.00. The minimum Gasteiger partial charge on any atom is -0.480 e. The lowest BCUT2D eigenvalue weighted by atomic mass is 10.3. The molecule has 5 nitrogen and oxygen atoms in total. The Morgan fingerprint density at radius 1 is 1.50 bits per heavy atom. The van der Waals surface area contributed by atoms with E-state index >= 15 is 0 Å². The molecular weight excluding hydrogens is 270 g/mol. The summed E-state index contributed by atoms with van der Waals surface area (Å²) in [6.07, 6.45) is 0. The number of benzene rings is 1. The van der Waals surface area contributed by atoms with E-state index in [4.69, 9.17) is 10.8 Å². The van der Waals surface area contributed by atoms with Gasteiger partial charge in [0.1, 0.15) is 10.1 Å². The minimum absolute atomic E-state index is 0.475. The molecule has 3 N–H and O–H groups in total. The predicted octanol–water partition coefficient (Wildman–Crippen LogP) is 1.83. The number of thiazole rings is 1. The summed E-state index contributed by atoms with van der Waals surface area (Å²) in [6, 6.07) is 4.88. The zero-order valence-corrected chi connectivity index (χ0v) is 10.8. The van der Waals surface area contributed by atoms with Crippen molar-refractivity contribution in [2.45, 2.75) is 6.04 Å². The second-order valence-corrected chi connectivity index (χ2v) is 5.88. The molecule has 92 valence electrons. The van der Waals surface area contributed by atoms with Crippen molar-refractivity contribution >= 4 is 50.0 Å². The van der Waals surface area contributed by atoms with Gasteiger partial charge in [-0.25, -0.2) is 9.78 Å². The molecule has 1 aromatic carbocycles. The molecule has 0 fully saturated rings. The van der Waals surface area contributed by atoms with Crippen molar-refractivity contribution in [3.8, 4) is 0 Å². The molecule has 0 radical (unpaired) electrons. The molecule has 2 heterocycles. The topological polar surface area (TPSA) is 88.6 Å². The van der Waals surface area contributed by atoms with Crippen molar-refractivity contribution < 1.29 is 9.90 Å².